The van der Waals surface area contributed by atoms with Crippen molar-refractivity contribution in [3.8, 4) is 5.75 Å². The molecule has 2 aromatic rings. The number of benzene rings is 1. The maximum absolute atomic E-state index is 6.19. The number of hydrogen-bond donors (Lipinski definition) is 1. The van der Waals surface area contributed by atoms with Crippen LogP contribution in [0.3, 0.4) is 0 Å². The Balaban J connectivity index is 2.21. The summed E-state index contributed by atoms with van der Waals surface area (Å²) in [6.07, 6.45) is 0. The van der Waals surface area contributed by atoms with Crippen LogP contribution in [0.2, 0.25) is 5.02 Å². The predicted molar refractivity (Wildman–Crippen MR) is 77.6 cm³/mol. The van der Waals surface area contributed by atoms with Crippen LogP contribution < -0.4 is 10.5 Å². The SMILES string of the molecule is Cc1cc(C)c(OCc2c(Cl)c(C)nn2C)cc1N. The highest BCUT2D eigenvalue weighted by Crippen LogP contribution is 2.26. The maximum Gasteiger partial charge on any atom is 0.131 e. The second-order valence-corrected chi connectivity index (χ2v) is 5.11. The molecule has 1 aromatic carbocycles. The number of anilines is 1. The van der Waals surface area contributed by atoms with Crippen LogP contribution in [0.1, 0.15) is 22.5 Å². The lowest BCUT2D eigenvalue weighted by Crippen LogP contribution is -2.05. The van der Waals surface area contributed by atoms with Gasteiger partial charge in [-0.05, 0) is 31.9 Å². The van der Waals surface area contributed by atoms with E-state index in [2.05, 4.69) is 5.10 Å². The van der Waals surface area contributed by atoms with Crippen molar-refractivity contribution >= 4 is 17.3 Å². The zero-order valence-electron chi connectivity index (χ0n) is 11.6. The van der Waals surface area contributed by atoms with Gasteiger partial charge in [0.1, 0.15) is 12.4 Å². The molecule has 1 heterocycles. The molecule has 0 aliphatic rings. The summed E-state index contributed by atoms with van der Waals surface area (Å²) >= 11 is 6.19. The molecule has 0 saturated carbocycles. The molecule has 2 rings (SSSR count). The van der Waals surface area contributed by atoms with E-state index in [9.17, 15) is 0 Å². The largest absolute Gasteiger partial charge is 0.487 e. The van der Waals surface area contributed by atoms with Gasteiger partial charge in [-0.2, -0.15) is 5.10 Å². The Morgan fingerprint density at radius 3 is 2.53 bits per heavy atom. The number of hydrogen-bond acceptors (Lipinski definition) is 3. The summed E-state index contributed by atoms with van der Waals surface area (Å²) in [7, 11) is 1.86. The van der Waals surface area contributed by atoms with Crippen molar-refractivity contribution in [3.63, 3.8) is 0 Å². The minimum atomic E-state index is 0.375. The highest BCUT2D eigenvalue weighted by molar-refractivity contribution is 6.31. The molecule has 4 nitrogen and oxygen atoms in total. The fourth-order valence-corrected chi connectivity index (χ4v) is 2.20. The Hall–Kier alpha value is -1.68. The topological polar surface area (TPSA) is 53.1 Å². The molecule has 19 heavy (non-hydrogen) atoms. The summed E-state index contributed by atoms with van der Waals surface area (Å²) in [5.74, 6) is 0.776. The van der Waals surface area contributed by atoms with E-state index in [1.165, 1.54) is 0 Å². The molecule has 0 aliphatic carbocycles. The van der Waals surface area contributed by atoms with Crippen LogP contribution in [0.4, 0.5) is 5.69 Å². The summed E-state index contributed by atoms with van der Waals surface area (Å²) in [6, 6.07) is 3.86. The first kappa shape index (κ1) is 13.7. The minimum Gasteiger partial charge on any atom is -0.487 e. The number of aromatic nitrogens is 2. The average Bonchev–Trinajstić information content (AvgIpc) is 2.57. The van der Waals surface area contributed by atoms with Gasteiger partial charge in [-0.25, -0.2) is 0 Å². The quantitative estimate of drug-likeness (QED) is 0.878. The van der Waals surface area contributed by atoms with E-state index in [1.807, 2.05) is 40.0 Å². The predicted octanol–water partition coefficient (Wildman–Crippen LogP) is 3.16. The lowest BCUT2D eigenvalue weighted by atomic mass is 10.1. The number of halogens is 1. The van der Waals surface area contributed by atoms with Gasteiger partial charge in [-0.15, -0.1) is 0 Å². The van der Waals surface area contributed by atoms with E-state index in [0.717, 1.165) is 34.0 Å². The Morgan fingerprint density at radius 2 is 1.95 bits per heavy atom. The van der Waals surface area contributed by atoms with E-state index < -0.39 is 0 Å². The molecule has 0 bridgehead atoms. The highest BCUT2D eigenvalue weighted by Gasteiger charge is 2.12. The van der Waals surface area contributed by atoms with Gasteiger partial charge in [0.05, 0.1) is 16.4 Å². The molecule has 0 fully saturated rings. The second kappa shape index (κ2) is 5.13. The lowest BCUT2D eigenvalue weighted by Gasteiger charge is -2.12. The van der Waals surface area contributed by atoms with E-state index in [4.69, 9.17) is 22.1 Å². The Labute approximate surface area is 118 Å². The van der Waals surface area contributed by atoms with Gasteiger partial charge in [0.2, 0.25) is 0 Å². The third-order valence-corrected chi connectivity index (χ3v) is 3.68. The molecule has 0 saturated heterocycles. The third kappa shape index (κ3) is 2.68. The first-order chi connectivity index (χ1) is 8.90. The van der Waals surface area contributed by atoms with Crippen LogP contribution in [-0.4, -0.2) is 9.78 Å². The molecule has 0 amide bonds. The van der Waals surface area contributed by atoms with Crippen molar-refractivity contribution in [3.05, 3.63) is 39.7 Å². The molecular formula is C14H18ClN3O. The molecule has 0 atom stereocenters. The number of ether oxygens (including phenoxy) is 1. The van der Waals surface area contributed by atoms with E-state index >= 15 is 0 Å². The zero-order chi connectivity index (χ0) is 14.2. The van der Waals surface area contributed by atoms with Crippen LogP contribution in [0, 0.1) is 20.8 Å². The third-order valence-electron chi connectivity index (χ3n) is 3.19. The maximum atomic E-state index is 6.19. The van der Waals surface area contributed by atoms with Crippen molar-refractivity contribution in [2.24, 2.45) is 7.05 Å². The Kier molecular flexibility index (Phi) is 3.71. The van der Waals surface area contributed by atoms with E-state index in [1.54, 1.807) is 4.68 Å². The van der Waals surface area contributed by atoms with Crippen molar-refractivity contribution in [2.45, 2.75) is 27.4 Å². The van der Waals surface area contributed by atoms with Gasteiger partial charge in [0.25, 0.3) is 0 Å². The number of rotatable bonds is 3. The van der Waals surface area contributed by atoms with Crippen molar-refractivity contribution < 1.29 is 4.74 Å². The standard InChI is InChI=1S/C14H18ClN3O/c1-8-5-9(2)13(6-11(8)16)19-7-12-14(15)10(3)17-18(12)4/h5-6H,7,16H2,1-4H3. The molecule has 0 spiro atoms. The molecule has 0 radical (unpaired) electrons. The van der Waals surface area contributed by atoms with Crippen LogP contribution in [-0.2, 0) is 13.7 Å². The summed E-state index contributed by atoms with van der Waals surface area (Å²) in [6.45, 7) is 6.23. The van der Waals surface area contributed by atoms with Gasteiger partial charge >= 0.3 is 0 Å². The summed E-state index contributed by atoms with van der Waals surface area (Å²) in [4.78, 5) is 0. The second-order valence-electron chi connectivity index (χ2n) is 4.73. The average molecular weight is 280 g/mol. The van der Waals surface area contributed by atoms with Crippen LogP contribution in [0.25, 0.3) is 0 Å². The Bertz CT molecular complexity index is 620. The van der Waals surface area contributed by atoms with Crippen LogP contribution >= 0.6 is 11.6 Å². The fraction of sp³-hybridized carbons (Fsp3) is 0.357. The number of aryl methyl sites for hydroxylation is 4. The molecule has 102 valence electrons. The van der Waals surface area contributed by atoms with Crippen LogP contribution in [0.15, 0.2) is 12.1 Å². The zero-order valence-corrected chi connectivity index (χ0v) is 12.4. The number of nitrogens with two attached hydrogens (primary N) is 1. The first-order valence-corrected chi connectivity index (χ1v) is 6.45. The monoisotopic (exact) mass is 279 g/mol. The number of nitrogen functional groups attached to an aromatic ring is 1. The normalized spacial score (nSPS) is 10.8. The molecule has 5 heteroatoms. The van der Waals surface area contributed by atoms with Gasteiger partial charge in [0, 0.05) is 18.8 Å². The van der Waals surface area contributed by atoms with Gasteiger partial charge in [0.15, 0.2) is 0 Å². The van der Waals surface area contributed by atoms with Gasteiger partial charge < -0.3 is 10.5 Å². The van der Waals surface area contributed by atoms with Crippen LogP contribution in [0.5, 0.6) is 5.75 Å². The van der Waals surface area contributed by atoms with Gasteiger partial charge in [-0.1, -0.05) is 17.7 Å². The van der Waals surface area contributed by atoms with E-state index in [-0.39, 0.29) is 0 Å². The minimum absolute atomic E-state index is 0.375. The van der Waals surface area contributed by atoms with E-state index in [0.29, 0.717) is 11.6 Å². The molecule has 0 aliphatic heterocycles. The van der Waals surface area contributed by atoms with Gasteiger partial charge in [-0.3, -0.25) is 4.68 Å². The molecule has 0 unspecified atom stereocenters. The molecule has 2 N–H and O–H groups in total. The smallest absolute Gasteiger partial charge is 0.131 e. The van der Waals surface area contributed by atoms with Crippen molar-refractivity contribution in [2.75, 3.05) is 5.73 Å². The fourth-order valence-electron chi connectivity index (χ4n) is 1.99. The highest BCUT2D eigenvalue weighted by atomic mass is 35.5. The lowest BCUT2D eigenvalue weighted by molar-refractivity contribution is 0.293. The summed E-state index contributed by atoms with van der Waals surface area (Å²) in [5, 5.41) is 4.91. The summed E-state index contributed by atoms with van der Waals surface area (Å²) in [5.41, 5.74) is 10.4. The number of nitrogens with zero attached hydrogens (tertiary/aromatic N) is 2. The van der Waals surface area contributed by atoms with Crippen molar-refractivity contribution in [1.82, 2.24) is 9.78 Å². The Morgan fingerprint density at radius 1 is 1.26 bits per heavy atom. The first-order valence-electron chi connectivity index (χ1n) is 6.07. The molecular weight excluding hydrogens is 262 g/mol. The summed E-state index contributed by atoms with van der Waals surface area (Å²) < 4.78 is 7.55. The van der Waals surface area contributed by atoms with Crippen molar-refractivity contribution in [1.29, 1.82) is 0 Å². The molecule has 1 aromatic heterocycles.